The normalized spacial score (nSPS) is 12.1. The van der Waals surface area contributed by atoms with Crippen molar-refractivity contribution in [3.63, 3.8) is 0 Å². The van der Waals surface area contributed by atoms with Gasteiger partial charge in [-0.15, -0.1) is 0 Å². The van der Waals surface area contributed by atoms with Crippen LogP contribution in [0.4, 0.5) is 22.0 Å². The summed E-state index contributed by atoms with van der Waals surface area (Å²) >= 11 is 0. The summed E-state index contributed by atoms with van der Waals surface area (Å²) in [5.74, 6) is 1.77. The maximum absolute atomic E-state index is 12.3. The Bertz CT molecular complexity index is 1640. The largest absolute Gasteiger partial charge is 0.497 e. The number of carbonyl (C=O) groups excluding carboxylic acids is 1. The van der Waals surface area contributed by atoms with E-state index in [0.717, 1.165) is 34.4 Å². The third-order valence-electron chi connectivity index (χ3n) is 7.97. The van der Waals surface area contributed by atoms with Gasteiger partial charge >= 0.3 is 6.09 Å². The smallest absolute Gasteiger partial charge is 0.413 e. The molecule has 246 valence electrons. The summed E-state index contributed by atoms with van der Waals surface area (Å²) in [6, 6.07) is 15.5. The zero-order chi connectivity index (χ0) is 33.7. The molecule has 0 saturated carbocycles. The van der Waals surface area contributed by atoms with Crippen LogP contribution in [-0.2, 0) is 9.16 Å². The fraction of sp³-hybridized carbons (Fsp3) is 0.429. The first-order valence-electron chi connectivity index (χ1n) is 15.5. The van der Waals surface area contributed by atoms with Crippen molar-refractivity contribution in [1.82, 2.24) is 15.0 Å². The first kappa shape index (κ1) is 34.6. The molecule has 11 heteroatoms. The topological polar surface area (TPSA) is 108 Å². The molecule has 0 aliphatic rings. The van der Waals surface area contributed by atoms with Crippen LogP contribution in [0.15, 0.2) is 60.9 Å². The number of aromatic nitrogens is 3. The van der Waals surface area contributed by atoms with Gasteiger partial charge in [0.25, 0.3) is 0 Å². The molecule has 1 N–H and O–H groups in total. The molecule has 0 saturated heterocycles. The van der Waals surface area contributed by atoms with Gasteiger partial charge in [0, 0.05) is 54.5 Å². The number of hydrogen-bond acceptors (Lipinski definition) is 9. The molecule has 0 aliphatic carbocycles. The van der Waals surface area contributed by atoms with E-state index in [0.29, 0.717) is 36.2 Å². The molecule has 4 aromatic rings. The van der Waals surface area contributed by atoms with Gasteiger partial charge in [0.05, 0.1) is 37.1 Å². The average Bonchev–Trinajstić information content (AvgIpc) is 2.98. The van der Waals surface area contributed by atoms with Crippen LogP contribution in [0.3, 0.4) is 0 Å². The quantitative estimate of drug-likeness (QED) is 0.127. The number of benzene rings is 2. The first-order chi connectivity index (χ1) is 21.6. The van der Waals surface area contributed by atoms with Crippen LogP contribution in [0.1, 0.15) is 48.0 Å². The van der Waals surface area contributed by atoms with Crippen molar-refractivity contribution in [1.29, 1.82) is 0 Å². The Hall–Kier alpha value is -4.22. The highest BCUT2D eigenvalue weighted by atomic mass is 28.4. The number of hydrogen-bond donors (Lipinski definition) is 1. The van der Waals surface area contributed by atoms with E-state index in [2.05, 4.69) is 54.0 Å². The van der Waals surface area contributed by atoms with Gasteiger partial charge in [-0.3, -0.25) is 10.3 Å². The average molecular weight is 646 g/mol. The Morgan fingerprint density at radius 3 is 2.20 bits per heavy atom. The Balaban J connectivity index is 1.66. The van der Waals surface area contributed by atoms with Crippen LogP contribution < -0.4 is 19.7 Å². The Labute approximate surface area is 273 Å². The Morgan fingerprint density at radius 2 is 1.57 bits per heavy atom. The van der Waals surface area contributed by atoms with E-state index in [9.17, 15) is 4.79 Å². The summed E-state index contributed by atoms with van der Waals surface area (Å²) < 4.78 is 23.1. The summed E-state index contributed by atoms with van der Waals surface area (Å²) in [6.07, 6.45) is 3.58. The fourth-order valence-electron chi connectivity index (χ4n) is 4.50. The molecular formula is C35H47N5O5Si. The van der Waals surface area contributed by atoms with Crippen molar-refractivity contribution in [2.24, 2.45) is 0 Å². The van der Waals surface area contributed by atoms with Gasteiger partial charge in [-0.05, 0) is 75.7 Å². The molecule has 10 nitrogen and oxygen atoms in total. The SMILES string of the molecule is COc1cc(OC)cc(N(CCCO[Si](C)(C)C(C)(C)C)c2ccc3ncc(-c4ccnc(NC(=O)OC(C)(C)C)c4)nc3c2)c1. The zero-order valence-electron chi connectivity index (χ0n) is 28.7. The van der Waals surface area contributed by atoms with Crippen LogP contribution >= 0.6 is 0 Å². The lowest BCUT2D eigenvalue weighted by atomic mass is 10.1. The van der Waals surface area contributed by atoms with E-state index in [1.54, 1.807) is 32.7 Å². The number of methoxy groups -OCH3 is 2. The Kier molecular flexibility index (Phi) is 10.6. The van der Waals surface area contributed by atoms with Gasteiger partial charge in [0.2, 0.25) is 0 Å². The summed E-state index contributed by atoms with van der Waals surface area (Å²) in [7, 11) is 1.42. The number of pyridine rings is 1. The maximum atomic E-state index is 12.3. The standard InChI is InChI=1S/C35H47N5O5Si/c1-34(2,3)45-33(41)39-32-18-24(14-15-36-32)31-23-37-29-13-12-25(21-30(29)38-31)40(16-11-17-44-46(9,10)35(4,5)6)26-19-27(42-7)22-28(20-26)43-8/h12-15,18-23H,11,16-17H2,1-10H3,(H,36,39,41). The lowest BCUT2D eigenvalue weighted by Gasteiger charge is -2.36. The lowest BCUT2D eigenvalue weighted by Crippen LogP contribution is -2.41. The molecular weight excluding hydrogens is 599 g/mol. The molecule has 0 spiro atoms. The molecule has 46 heavy (non-hydrogen) atoms. The summed E-state index contributed by atoms with van der Waals surface area (Å²) in [5, 5.41) is 2.83. The number of nitrogens with one attached hydrogen (secondary N) is 1. The van der Waals surface area contributed by atoms with E-state index >= 15 is 0 Å². The molecule has 4 rings (SSSR count). The molecule has 1 amide bonds. The van der Waals surface area contributed by atoms with Gasteiger partial charge in [0.15, 0.2) is 8.32 Å². The minimum absolute atomic E-state index is 0.142. The highest BCUT2D eigenvalue weighted by molar-refractivity contribution is 6.74. The maximum Gasteiger partial charge on any atom is 0.413 e. The summed E-state index contributed by atoms with van der Waals surface area (Å²) in [4.78, 5) is 28.4. The monoisotopic (exact) mass is 645 g/mol. The van der Waals surface area contributed by atoms with Crippen LogP contribution in [0.2, 0.25) is 18.1 Å². The fourth-order valence-corrected chi connectivity index (χ4v) is 5.58. The van der Waals surface area contributed by atoms with Crippen LogP contribution in [-0.4, -0.2) is 62.3 Å². The second-order valence-electron chi connectivity index (χ2n) is 13.7. The molecule has 0 aliphatic heterocycles. The molecule has 2 heterocycles. The van der Waals surface area contributed by atoms with Gasteiger partial charge in [-0.1, -0.05) is 20.8 Å². The number of ether oxygens (including phenoxy) is 3. The van der Waals surface area contributed by atoms with E-state index in [-0.39, 0.29) is 5.04 Å². The molecule has 0 atom stereocenters. The number of amides is 1. The van der Waals surface area contributed by atoms with Crippen LogP contribution in [0, 0.1) is 0 Å². The minimum Gasteiger partial charge on any atom is -0.497 e. The number of anilines is 3. The first-order valence-corrected chi connectivity index (χ1v) is 18.4. The van der Waals surface area contributed by atoms with E-state index < -0.39 is 20.0 Å². The highest BCUT2D eigenvalue weighted by Gasteiger charge is 2.36. The molecule has 0 fully saturated rings. The predicted octanol–water partition coefficient (Wildman–Crippen LogP) is 8.61. The van der Waals surface area contributed by atoms with Gasteiger partial charge < -0.3 is 23.5 Å². The molecule has 0 unspecified atom stereocenters. The van der Waals surface area contributed by atoms with Crippen molar-refractivity contribution in [2.75, 3.05) is 37.6 Å². The predicted molar refractivity (Wildman–Crippen MR) is 187 cm³/mol. The third-order valence-corrected chi connectivity index (χ3v) is 12.5. The van der Waals surface area contributed by atoms with E-state index in [1.165, 1.54) is 0 Å². The lowest BCUT2D eigenvalue weighted by molar-refractivity contribution is 0.0635. The van der Waals surface area contributed by atoms with Crippen LogP contribution in [0.5, 0.6) is 11.5 Å². The summed E-state index contributed by atoms with van der Waals surface area (Å²) in [5.41, 5.74) is 4.16. The number of rotatable bonds is 11. The molecule has 0 radical (unpaired) electrons. The molecule has 2 aromatic heterocycles. The number of carbonyl (C=O) groups is 1. The number of fused-ring (bicyclic) bond motifs is 1. The second kappa shape index (κ2) is 14.0. The minimum atomic E-state index is -1.88. The van der Waals surface area contributed by atoms with Gasteiger partial charge in [0.1, 0.15) is 22.9 Å². The van der Waals surface area contributed by atoms with Crippen molar-refractivity contribution < 1.29 is 23.4 Å². The van der Waals surface area contributed by atoms with Crippen molar-refractivity contribution in [3.8, 4) is 22.8 Å². The zero-order valence-corrected chi connectivity index (χ0v) is 29.7. The van der Waals surface area contributed by atoms with E-state index in [4.69, 9.17) is 23.6 Å². The van der Waals surface area contributed by atoms with Crippen LogP contribution in [0.25, 0.3) is 22.3 Å². The van der Waals surface area contributed by atoms with Crippen molar-refractivity contribution in [3.05, 3.63) is 60.9 Å². The van der Waals surface area contributed by atoms with Crippen molar-refractivity contribution >= 4 is 42.6 Å². The highest BCUT2D eigenvalue weighted by Crippen LogP contribution is 2.37. The molecule has 2 aromatic carbocycles. The third kappa shape index (κ3) is 8.94. The Morgan fingerprint density at radius 1 is 0.870 bits per heavy atom. The number of nitrogens with zero attached hydrogens (tertiary/aromatic N) is 4. The van der Waals surface area contributed by atoms with Crippen molar-refractivity contribution in [2.45, 2.75) is 71.7 Å². The van der Waals surface area contributed by atoms with Gasteiger partial charge in [-0.25, -0.2) is 14.8 Å². The van der Waals surface area contributed by atoms with Gasteiger partial charge in [-0.2, -0.15) is 0 Å². The van der Waals surface area contributed by atoms with E-state index in [1.807, 2.05) is 63.2 Å². The second-order valence-corrected chi connectivity index (χ2v) is 18.5. The summed E-state index contributed by atoms with van der Waals surface area (Å²) in [6.45, 7) is 18.1. The molecule has 0 bridgehead atoms.